The number of terminal acetylenes is 1. The second-order valence-corrected chi connectivity index (χ2v) is 8.68. The molecule has 1 amide bonds. The van der Waals surface area contributed by atoms with Gasteiger partial charge in [0.2, 0.25) is 0 Å². The van der Waals surface area contributed by atoms with Crippen LogP contribution in [0.5, 0.6) is 0 Å². The highest BCUT2D eigenvalue weighted by Crippen LogP contribution is 2.21. The molecule has 1 aromatic heterocycles. The standard InChI is InChI=1S/C23H20N2O3S/c1-4-17-6-5-7-18(12-17)19-10-11-24-21(13-19)15-25-23(26)20-9-8-16(2)22(14-20)29(3,27)28/h1,5-14H,15H2,2-3H3,(H,25,26). The fourth-order valence-corrected chi connectivity index (χ4v) is 3.95. The Bertz CT molecular complexity index is 1220. The molecule has 0 saturated carbocycles. The number of benzene rings is 2. The summed E-state index contributed by atoms with van der Waals surface area (Å²) >= 11 is 0. The summed E-state index contributed by atoms with van der Waals surface area (Å²) in [6.07, 6.45) is 8.26. The van der Waals surface area contributed by atoms with Crippen LogP contribution in [0, 0.1) is 19.3 Å². The molecule has 29 heavy (non-hydrogen) atoms. The van der Waals surface area contributed by atoms with E-state index in [4.69, 9.17) is 6.42 Å². The fourth-order valence-electron chi connectivity index (χ4n) is 2.96. The summed E-state index contributed by atoms with van der Waals surface area (Å²) in [6, 6.07) is 16.0. The first kappa shape index (κ1) is 20.3. The van der Waals surface area contributed by atoms with Gasteiger partial charge in [0, 0.05) is 23.6 Å². The van der Waals surface area contributed by atoms with Gasteiger partial charge in [-0.05, 0) is 60.0 Å². The Labute approximate surface area is 170 Å². The number of amides is 1. The lowest BCUT2D eigenvalue weighted by Crippen LogP contribution is -2.23. The minimum absolute atomic E-state index is 0.152. The third-order valence-corrected chi connectivity index (χ3v) is 5.70. The van der Waals surface area contributed by atoms with Crippen molar-refractivity contribution in [2.45, 2.75) is 18.4 Å². The number of rotatable bonds is 5. The first-order chi connectivity index (χ1) is 13.8. The normalized spacial score (nSPS) is 10.9. The largest absolute Gasteiger partial charge is 0.346 e. The first-order valence-electron chi connectivity index (χ1n) is 8.89. The maximum absolute atomic E-state index is 12.5. The van der Waals surface area contributed by atoms with Crippen molar-refractivity contribution in [1.82, 2.24) is 10.3 Å². The Morgan fingerprint density at radius 3 is 2.59 bits per heavy atom. The van der Waals surface area contributed by atoms with Crippen LogP contribution in [0.4, 0.5) is 0 Å². The summed E-state index contributed by atoms with van der Waals surface area (Å²) in [5.74, 6) is 2.25. The lowest BCUT2D eigenvalue weighted by molar-refractivity contribution is 0.0950. The van der Waals surface area contributed by atoms with Gasteiger partial charge in [-0.25, -0.2) is 8.42 Å². The maximum atomic E-state index is 12.5. The number of nitrogens with zero attached hydrogens (tertiary/aromatic N) is 1. The molecule has 0 bridgehead atoms. The smallest absolute Gasteiger partial charge is 0.251 e. The summed E-state index contributed by atoms with van der Waals surface area (Å²) in [7, 11) is -3.41. The molecule has 0 saturated heterocycles. The van der Waals surface area contributed by atoms with E-state index < -0.39 is 9.84 Å². The first-order valence-corrected chi connectivity index (χ1v) is 10.8. The number of aryl methyl sites for hydroxylation is 1. The van der Waals surface area contributed by atoms with Crippen molar-refractivity contribution in [3.63, 3.8) is 0 Å². The summed E-state index contributed by atoms with van der Waals surface area (Å²) in [5.41, 5.74) is 4.26. The van der Waals surface area contributed by atoms with Crippen LogP contribution >= 0.6 is 0 Å². The molecule has 146 valence electrons. The zero-order valence-electron chi connectivity index (χ0n) is 16.1. The van der Waals surface area contributed by atoms with Gasteiger partial charge in [0.15, 0.2) is 9.84 Å². The lowest BCUT2D eigenvalue weighted by atomic mass is 10.0. The number of hydrogen-bond acceptors (Lipinski definition) is 4. The molecule has 3 rings (SSSR count). The van der Waals surface area contributed by atoms with Crippen LogP contribution in [0.15, 0.2) is 65.7 Å². The zero-order chi connectivity index (χ0) is 21.0. The van der Waals surface area contributed by atoms with E-state index in [0.29, 0.717) is 11.3 Å². The van der Waals surface area contributed by atoms with E-state index in [0.717, 1.165) is 22.9 Å². The molecule has 0 aliphatic heterocycles. The SMILES string of the molecule is C#Cc1cccc(-c2ccnc(CNC(=O)c3ccc(C)c(S(C)(=O)=O)c3)c2)c1. The van der Waals surface area contributed by atoms with Crippen LogP contribution in [0.25, 0.3) is 11.1 Å². The highest BCUT2D eigenvalue weighted by atomic mass is 32.2. The molecule has 3 aromatic rings. The van der Waals surface area contributed by atoms with E-state index in [-0.39, 0.29) is 22.9 Å². The third-order valence-electron chi connectivity index (χ3n) is 4.46. The summed E-state index contributed by atoms with van der Waals surface area (Å²) in [6.45, 7) is 1.91. The lowest BCUT2D eigenvalue weighted by Gasteiger charge is -2.09. The molecule has 1 heterocycles. The second kappa shape index (κ2) is 8.29. The molecule has 0 fully saturated rings. The van der Waals surface area contributed by atoms with E-state index in [2.05, 4.69) is 16.2 Å². The molecular weight excluding hydrogens is 384 g/mol. The van der Waals surface area contributed by atoms with Crippen molar-refractivity contribution in [1.29, 1.82) is 0 Å². The Morgan fingerprint density at radius 2 is 1.86 bits per heavy atom. The fraction of sp³-hybridized carbons (Fsp3) is 0.130. The van der Waals surface area contributed by atoms with Gasteiger partial charge >= 0.3 is 0 Å². The van der Waals surface area contributed by atoms with E-state index in [9.17, 15) is 13.2 Å². The quantitative estimate of drug-likeness (QED) is 0.662. The van der Waals surface area contributed by atoms with Crippen molar-refractivity contribution < 1.29 is 13.2 Å². The van der Waals surface area contributed by atoms with Gasteiger partial charge in [-0.3, -0.25) is 9.78 Å². The molecular formula is C23H20N2O3S. The van der Waals surface area contributed by atoms with Gasteiger partial charge in [0.1, 0.15) is 0 Å². The van der Waals surface area contributed by atoms with Gasteiger partial charge in [0.25, 0.3) is 5.91 Å². The van der Waals surface area contributed by atoms with E-state index >= 15 is 0 Å². The van der Waals surface area contributed by atoms with Crippen molar-refractivity contribution >= 4 is 15.7 Å². The highest BCUT2D eigenvalue weighted by molar-refractivity contribution is 7.90. The summed E-state index contributed by atoms with van der Waals surface area (Å²) < 4.78 is 23.7. The molecule has 0 aliphatic carbocycles. The van der Waals surface area contributed by atoms with E-state index in [1.54, 1.807) is 25.3 Å². The van der Waals surface area contributed by atoms with Gasteiger partial charge in [-0.2, -0.15) is 0 Å². The topological polar surface area (TPSA) is 76.1 Å². The highest BCUT2D eigenvalue weighted by Gasteiger charge is 2.14. The Morgan fingerprint density at radius 1 is 1.10 bits per heavy atom. The number of sulfone groups is 1. The average Bonchev–Trinajstić information content (AvgIpc) is 2.71. The Balaban J connectivity index is 1.77. The Kier molecular flexibility index (Phi) is 5.81. The van der Waals surface area contributed by atoms with Crippen molar-refractivity contribution in [3.05, 3.63) is 83.2 Å². The number of carbonyl (C=O) groups is 1. The average molecular weight is 404 g/mol. The molecule has 0 radical (unpaired) electrons. The van der Waals surface area contributed by atoms with Crippen LogP contribution < -0.4 is 5.32 Å². The molecule has 0 aliphatic rings. The second-order valence-electron chi connectivity index (χ2n) is 6.70. The maximum Gasteiger partial charge on any atom is 0.251 e. The number of pyridine rings is 1. The number of aromatic nitrogens is 1. The summed E-state index contributed by atoms with van der Waals surface area (Å²) in [5, 5.41) is 2.79. The molecule has 0 unspecified atom stereocenters. The predicted molar refractivity (Wildman–Crippen MR) is 113 cm³/mol. The van der Waals surface area contributed by atoms with Gasteiger partial charge in [-0.1, -0.05) is 24.1 Å². The third kappa shape index (κ3) is 4.89. The number of hydrogen-bond donors (Lipinski definition) is 1. The number of carbonyl (C=O) groups excluding carboxylic acids is 1. The monoisotopic (exact) mass is 404 g/mol. The van der Waals surface area contributed by atoms with Crippen LogP contribution in [0.2, 0.25) is 0 Å². The molecule has 2 aromatic carbocycles. The van der Waals surface area contributed by atoms with Crippen molar-refractivity contribution in [2.24, 2.45) is 0 Å². The van der Waals surface area contributed by atoms with E-state index in [1.807, 2.05) is 36.4 Å². The molecule has 0 atom stereocenters. The minimum Gasteiger partial charge on any atom is -0.346 e. The van der Waals surface area contributed by atoms with Crippen LogP contribution in [0.1, 0.15) is 27.2 Å². The molecule has 1 N–H and O–H groups in total. The van der Waals surface area contributed by atoms with Crippen LogP contribution in [0.3, 0.4) is 0 Å². The van der Waals surface area contributed by atoms with Crippen LogP contribution in [-0.4, -0.2) is 25.6 Å². The minimum atomic E-state index is -3.41. The van der Waals surface area contributed by atoms with Gasteiger partial charge < -0.3 is 5.32 Å². The Hall–Kier alpha value is -3.43. The summed E-state index contributed by atoms with van der Waals surface area (Å²) in [4.78, 5) is 16.9. The zero-order valence-corrected chi connectivity index (χ0v) is 17.0. The number of nitrogens with one attached hydrogen (secondary N) is 1. The van der Waals surface area contributed by atoms with Gasteiger partial charge in [-0.15, -0.1) is 6.42 Å². The van der Waals surface area contributed by atoms with Gasteiger partial charge in [0.05, 0.1) is 17.1 Å². The molecule has 6 heteroatoms. The van der Waals surface area contributed by atoms with Crippen molar-refractivity contribution in [3.8, 4) is 23.5 Å². The van der Waals surface area contributed by atoms with Crippen molar-refractivity contribution in [2.75, 3.05) is 6.26 Å². The van der Waals surface area contributed by atoms with E-state index in [1.165, 1.54) is 6.07 Å². The predicted octanol–water partition coefficient (Wildman–Crippen LogP) is 3.37. The molecule has 5 nitrogen and oxygen atoms in total. The van der Waals surface area contributed by atoms with Crippen LogP contribution in [-0.2, 0) is 16.4 Å². The molecule has 0 spiro atoms.